The molecule has 0 radical (unpaired) electrons. The highest BCUT2D eigenvalue weighted by Gasteiger charge is 2.08. The van der Waals surface area contributed by atoms with E-state index >= 15 is 0 Å². The summed E-state index contributed by atoms with van der Waals surface area (Å²) in [6, 6.07) is 7.92. The van der Waals surface area contributed by atoms with Gasteiger partial charge in [0.05, 0.1) is 0 Å². The van der Waals surface area contributed by atoms with Gasteiger partial charge in [0.25, 0.3) is 5.76 Å². The molecule has 1 atom stereocenters. The van der Waals surface area contributed by atoms with Crippen LogP contribution in [0.5, 0.6) is 0 Å². The number of nitrogens with one attached hydrogen (secondary N) is 1. The van der Waals surface area contributed by atoms with Gasteiger partial charge in [0.2, 0.25) is 0 Å². The number of benzene rings is 1. The molecule has 1 aromatic rings. The Kier molecular flexibility index (Phi) is 5.22. The third-order valence-corrected chi connectivity index (χ3v) is 2.91. The second-order valence-corrected chi connectivity index (χ2v) is 5.05. The van der Waals surface area contributed by atoms with Crippen LogP contribution in [-0.2, 0) is 0 Å². The molecule has 1 aromatic carbocycles. The third-order valence-electron chi connectivity index (χ3n) is 2.19. The smallest absolute Gasteiger partial charge is 0.288 e. The van der Waals surface area contributed by atoms with Gasteiger partial charge in [-0.05, 0) is 24.6 Å². The van der Waals surface area contributed by atoms with E-state index in [4.69, 9.17) is 0 Å². The van der Waals surface area contributed by atoms with E-state index in [1.165, 1.54) is 0 Å². The first-order valence-electron chi connectivity index (χ1n) is 5.30. The molecular weight excluding hydrogens is 228 g/mol. The van der Waals surface area contributed by atoms with Crippen molar-refractivity contribution < 1.29 is 8.78 Å². The van der Waals surface area contributed by atoms with E-state index in [2.05, 4.69) is 26.1 Å². The lowest BCUT2D eigenvalue weighted by Crippen LogP contribution is -2.25. The fraction of sp³-hybridized carbons (Fsp3) is 0.500. The van der Waals surface area contributed by atoms with Gasteiger partial charge in [-0.2, -0.15) is 8.78 Å². The molecular formula is C12H17F2NS. The van der Waals surface area contributed by atoms with Crippen LogP contribution in [0.1, 0.15) is 32.4 Å². The summed E-state index contributed by atoms with van der Waals surface area (Å²) in [5, 5.41) is 3.36. The number of hydrogen-bond acceptors (Lipinski definition) is 2. The van der Waals surface area contributed by atoms with Crippen LogP contribution in [0.3, 0.4) is 0 Å². The minimum atomic E-state index is -2.35. The third kappa shape index (κ3) is 4.49. The lowest BCUT2D eigenvalue weighted by atomic mass is 10.1. The van der Waals surface area contributed by atoms with Crippen molar-refractivity contribution in [2.45, 2.75) is 43.5 Å². The first-order chi connectivity index (χ1) is 7.49. The molecule has 4 heteroatoms. The molecule has 0 bridgehead atoms. The van der Waals surface area contributed by atoms with Crippen molar-refractivity contribution in [3.8, 4) is 0 Å². The van der Waals surface area contributed by atoms with Crippen molar-refractivity contribution in [2.75, 3.05) is 0 Å². The minimum Gasteiger partial charge on any atom is -0.308 e. The molecule has 0 spiro atoms. The molecule has 16 heavy (non-hydrogen) atoms. The van der Waals surface area contributed by atoms with Crippen LogP contribution >= 0.6 is 11.8 Å². The van der Waals surface area contributed by atoms with E-state index in [-0.39, 0.29) is 6.04 Å². The average Bonchev–Trinajstić information content (AvgIpc) is 2.16. The Morgan fingerprint density at radius 3 is 2.06 bits per heavy atom. The summed E-state index contributed by atoms with van der Waals surface area (Å²) in [5.41, 5.74) is 1.12. The molecule has 0 fully saturated rings. The van der Waals surface area contributed by atoms with Crippen LogP contribution in [-0.4, -0.2) is 11.8 Å². The van der Waals surface area contributed by atoms with Crippen molar-refractivity contribution in [3.05, 3.63) is 29.8 Å². The largest absolute Gasteiger partial charge is 0.308 e. The summed E-state index contributed by atoms with van der Waals surface area (Å²) in [7, 11) is 0. The Morgan fingerprint density at radius 1 is 1.06 bits per heavy atom. The Morgan fingerprint density at radius 2 is 1.62 bits per heavy atom. The zero-order valence-electron chi connectivity index (χ0n) is 9.71. The summed E-state index contributed by atoms with van der Waals surface area (Å²) in [6.45, 7) is 6.23. The minimum absolute atomic E-state index is 0.241. The number of rotatable bonds is 5. The van der Waals surface area contributed by atoms with Crippen LogP contribution < -0.4 is 5.32 Å². The molecule has 0 aromatic heterocycles. The first kappa shape index (κ1) is 13.5. The fourth-order valence-electron chi connectivity index (χ4n) is 1.53. The summed E-state index contributed by atoms with van der Waals surface area (Å²) < 4.78 is 24.2. The number of thioether (sulfide) groups is 1. The monoisotopic (exact) mass is 245 g/mol. The maximum absolute atomic E-state index is 12.1. The predicted molar refractivity (Wildman–Crippen MR) is 65.0 cm³/mol. The van der Waals surface area contributed by atoms with Crippen LogP contribution in [0, 0.1) is 0 Å². The van der Waals surface area contributed by atoms with E-state index in [9.17, 15) is 8.78 Å². The van der Waals surface area contributed by atoms with Crippen LogP contribution in [0.15, 0.2) is 29.2 Å². The summed E-state index contributed by atoms with van der Waals surface area (Å²) in [6.07, 6.45) is 0. The maximum Gasteiger partial charge on any atom is 0.288 e. The molecule has 0 aliphatic rings. The number of alkyl halides is 2. The second kappa shape index (κ2) is 6.21. The van der Waals surface area contributed by atoms with Crippen LogP contribution in [0.2, 0.25) is 0 Å². The van der Waals surface area contributed by atoms with Gasteiger partial charge in [0.15, 0.2) is 0 Å². The molecule has 0 amide bonds. The predicted octanol–water partition coefficient (Wildman–Crippen LogP) is 4.06. The molecule has 1 N–H and O–H groups in total. The van der Waals surface area contributed by atoms with Gasteiger partial charge in [-0.25, -0.2) is 0 Å². The zero-order valence-corrected chi connectivity index (χ0v) is 10.5. The van der Waals surface area contributed by atoms with E-state index in [0.717, 1.165) is 5.56 Å². The molecule has 1 rings (SSSR count). The lowest BCUT2D eigenvalue weighted by molar-refractivity contribution is 0.252. The van der Waals surface area contributed by atoms with Gasteiger partial charge in [-0.1, -0.05) is 37.7 Å². The molecule has 0 aliphatic heterocycles. The highest BCUT2D eigenvalue weighted by Crippen LogP contribution is 2.26. The fourth-order valence-corrected chi connectivity index (χ4v) is 2.03. The number of halogens is 2. The summed E-state index contributed by atoms with van der Waals surface area (Å²) in [5.74, 6) is -2.35. The van der Waals surface area contributed by atoms with Crippen molar-refractivity contribution in [1.29, 1.82) is 0 Å². The van der Waals surface area contributed by atoms with Gasteiger partial charge in [-0.3, -0.25) is 0 Å². The topological polar surface area (TPSA) is 12.0 Å². The quantitative estimate of drug-likeness (QED) is 0.785. The zero-order chi connectivity index (χ0) is 12.1. The highest BCUT2D eigenvalue weighted by atomic mass is 32.2. The average molecular weight is 245 g/mol. The Labute approximate surface area is 99.6 Å². The molecule has 0 saturated heterocycles. The number of hydrogen-bond donors (Lipinski definition) is 1. The molecule has 1 nitrogen and oxygen atoms in total. The SMILES string of the molecule is CC(C)NC(C)c1ccc(SC(F)F)cc1. The Bertz CT molecular complexity index is 311. The molecule has 90 valence electrons. The highest BCUT2D eigenvalue weighted by molar-refractivity contribution is 7.99. The summed E-state index contributed by atoms with van der Waals surface area (Å²) in [4.78, 5) is 0.607. The maximum atomic E-state index is 12.1. The van der Waals surface area contributed by atoms with Crippen LogP contribution in [0.25, 0.3) is 0 Å². The summed E-state index contributed by atoms with van der Waals surface area (Å²) >= 11 is 0.579. The van der Waals surface area contributed by atoms with Gasteiger partial charge in [0.1, 0.15) is 0 Å². The molecule has 1 unspecified atom stereocenters. The second-order valence-electron chi connectivity index (χ2n) is 3.99. The van der Waals surface area contributed by atoms with E-state index < -0.39 is 5.76 Å². The van der Waals surface area contributed by atoms with Gasteiger partial charge >= 0.3 is 0 Å². The van der Waals surface area contributed by atoms with E-state index in [0.29, 0.717) is 22.7 Å². The van der Waals surface area contributed by atoms with Crippen molar-refractivity contribution in [3.63, 3.8) is 0 Å². The standard InChI is InChI=1S/C12H17F2NS/c1-8(2)15-9(3)10-4-6-11(7-5-10)16-12(13)14/h4-9,12,15H,1-3H3. The van der Waals surface area contributed by atoms with E-state index in [1.54, 1.807) is 12.1 Å². The van der Waals surface area contributed by atoms with Gasteiger partial charge in [0, 0.05) is 17.0 Å². The first-order valence-corrected chi connectivity index (χ1v) is 6.18. The normalized spacial score (nSPS) is 13.4. The molecule has 0 saturated carbocycles. The van der Waals surface area contributed by atoms with Crippen molar-refractivity contribution >= 4 is 11.8 Å². The Hall–Kier alpha value is -0.610. The Balaban J connectivity index is 2.63. The van der Waals surface area contributed by atoms with Crippen molar-refractivity contribution in [2.24, 2.45) is 0 Å². The van der Waals surface area contributed by atoms with E-state index in [1.807, 2.05) is 12.1 Å². The van der Waals surface area contributed by atoms with Crippen LogP contribution in [0.4, 0.5) is 8.78 Å². The van der Waals surface area contributed by atoms with Gasteiger partial charge < -0.3 is 5.32 Å². The van der Waals surface area contributed by atoms with Gasteiger partial charge in [-0.15, -0.1) is 0 Å². The molecule has 0 aliphatic carbocycles. The molecule has 0 heterocycles. The van der Waals surface area contributed by atoms with Crippen molar-refractivity contribution in [1.82, 2.24) is 5.32 Å². The lowest BCUT2D eigenvalue weighted by Gasteiger charge is -2.17.